The molecule has 19 heteroatoms. The normalized spacial score (nSPS) is 29.4. The van der Waals surface area contributed by atoms with E-state index in [1.807, 2.05) is 6.08 Å². The van der Waals surface area contributed by atoms with Crippen LogP contribution in [0.5, 0.6) is 0 Å². The van der Waals surface area contributed by atoms with Crippen LogP contribution >= 0.6 is 0 Å². The van der Waals surface area contributed by atoms with E-state index in [4.69, 9.17) is 28.4 Å². The van der Waals surface area contributed by atoms with Crippen LogP contribution in [-0.4, -0.2) is 193 Å². The standard InChI is InChI=1S/C67H113NO18/c1-3-5-7-9-11-13-15-17-19-21-23-24-25-26-27-29-31-33-35-37-39-41-43-45-55(73)68-50(51(72)44-42-40-38-36-34-32-30-28-22-20-18-16-14-12-10-8-6-4-2)49-81-65-61(79)58(76)63(53(47-70)83-65)86-67-62(80)59(77)64(54(48-71)84-67)85-66-60(78)57(75)56(74)52(46-69)82-66/h5,7,11,13,17,19,22-24,26-28,34,36,42,44,50-54,56-67,69-72,74-80H,3-4,6,8-10,12,14-16,18,20-21,25,29-33,35,37-41,43,45-49H2,1-2H3,(H,68,73)/b7-5-,13-11-,19-17-,24-23-,27-26-,28-22+,36-34+,44-42+. The molecule has 3 aliphatic heterocycles. The van der Waals surface area contributed by atoms with Gasteiger partial charge in [0, 0.05) is 6.42 Å². The molecule has 0 bridgehead atoms. The first kappa shape index (κ1) is 77.0. The summed E-state index contributed by atoms with van der Waals surface area (Å²) in [6, 6.07) is -1.01. The van der Waals surface area contributed by atoms with Crippen LogP contribution in [0.3, 0.4) is 0 Å². The van der Waals surface area contributed by atoms with Crippen LogP contribution in [0, 0.1) is 0 Å². The van der Waals surface area contributed by atoms with Gasteiger partial charge in [0.05, 0.1) is 38.6 Å². The number of nitrogens with one attached hydrogen (secondary N) is 1. The van der Waals surface area contributed by atoms with Crippen molar-refractivity contribution < 1.29 is 89.4 Å². The van der Waals surface area contributed by atoms with Gasteiger partial charge in [-0.15, -0.1) is 0 Å². The summed E-state index contributed by atoms with van der Waals surface area (Å²) in [5, 5.41) is 120. The molecular formula is C67H113NO18. The number of aliphatic hydroxyl groups is 11. The van der Waals surface area contributed by atoms with Gasteiger partial charge in [-0.3, -0.25) is 4.79 Å². The molecule has 3 fully saturated rings. The van der Waals surface area contributed by atoms with Crippen molar-refractivity contribution in [1.82, 2.24) is 5.32 Å². The van der Waals surface area contributed by atoms with E-state index in [1.54, 1.807) is 6.08 Å². The second kappa shape index (κ2) is 48.5. The molecule has 12 N–H and O–H groups in total. The van der Waals surface area contributed by atoms with Crippen molar-refractivity contribution in [2.24, 2.45) is 0 Å². The van der Waals surface area contributed by atoms with Gasteiger partial charge in [0.2, 0.25) is 5.91 Å². The summed E-state index contributed by atoms with van der Waals surface area (Å²) in [5.74, 6) is -0.306. The van der Waals surface area contributed by atoms with E-state index >= 15 is 0 Å². The molecule has 19 nitrogen and oxygen atoms in total. The van der Waals surface area contributed by atoms with Gasteiger partial charge in [-0.2, -0.15) is 0 Å². The predicted molar refractivity (Wildman–Crippen MR) is 332 cm³/mol. The third-order valence-corrected chi connectivity index (χ3v) is 15.6. The highest BCUT2D eigenvalue weighted by molar-refractivity contribution is 5.76. The van der Waals surface area contributed by atoms with Gasteiger partial charge in [-0.25, -0.2) is 0 Å². The van der Waals surface area contributed by atoms with Gasteiger partial charge in [-0.05, 0) is 89.9 Å². The van der Waals surface area contributed by atoms with Crippen molar-refractivity contribution in [3.63, 3.8) is 0 Å². The number of carbonyl (C=O) groups is 1. The Morgan fingerprint density at radius 3 is 1.30 bits per heavy atom. The molecule has 0 aromatic carbocycles. The number of unbranched alkanes of at least 4 members (excludes halogenated alkanes) is 17. The number of amides is 1. The van der Waals surface area contributed by atoms with Gasteiger partial charge in [-0.1, -0.05) is 188 Å². The summed E-state index contributed by atoms with van der Waals surface area (Å²) >= 11 is 0. The lowest BCUT2D eigenvalue weighted by Crippen LogP contribution is -2.66. The molecule has 3 saturated heterocycles. The maximum Gasteiger partial charge on any atom is 0.220 e. The van der Waals surface area contributed by atoms with Crippen LogP contribution in [0.15, 0.2) is 97.2 Å². The maximum absolute atomic E-state index is 13.4. The van der Waals surface area contributed by atoms with Gasteiger partial charge in [0.1, 0.15) is 73.2 Å². The molecule has 0 radical (unpaired) electrons. The topological polar surface area (TPSA) is 307 Å². The van der Waals surface area contributed by atoms with Crippen LogP contribution in [0.25, 0.3) is 0 Å². The molecule has 3 heterocycles. The maximum atomic E-state index is 13.4. The van der Waals surface area contributed by atoms with E-state index in [1.165, 1.54) is 51.4 Å². The molecule has 17 unspecified atom stereocenters. The Kier molecular flexibility index (Phi) is 43.4. The lowest BCUT2D eigenvalue weighted by atomic mass is 9.96. The number of allylic oxidation sites excluding steroid dienone is 15. The smallest absolute Gasteiger partial charge is 0.220 e. The van der Waals surface area contributed by atoms with Crippen molar-refractivity contribution in [3.8, 4) is 0 Å². The molecule has 1 amide bonds. The second-order valence-corrected chi connectivity index (χ2v) is 22.8. The second-order valence-electron chi connectivity index (χ2n) is 22.8. The van der Waals surface area contributed by atoms with Crippen LogP contribution in [-0.2, 0) is 33.2 Å². The van der Waals surface area contributed by atoms with E-state index in [-0.39, 0.29) is 18.9 Å². The minimum Gasteiger partial charge on any atom is -0.394 e. The Labute approximate surface area is 513 Å². The molecule has 0 aromatic rings. The number of ether oxygens (including phenoxy) is 6. The molecule has 3 rings (SSSR count). The fourth-order valence-corrected chi connectivity index (χ4v) is 10.3. The Bertz CT molecular complexity index is 1940. The zero-order chi connectivity index (χ0) is 62.6. The minimum absolute atomic E-state index is 0.213. The Hall–Kier alpha value is -3.29. The van der Waals surface area contributed by atoms with Crippen LogP contribution in [0.1, 0.15) is 187 Å². The highest BCUT2D eigenvalue weighted by atomic mass is 16.8. The molecule has 0 spiro atoms. The molecular weight excluding hydrogens is 1110 g/mol. The Morgan fingerprint density at radius 1 is 0.430 bits per heavy atom. The summed E-state index contributed by atoms with van der Waals surface area (Å²) in [6.45, 7) is 1.55. The SMILES string of the molecule is CC/C=C\C/C=C\C/C=C\C/C=C\C/C=C\CCCCCCCCCC(=O)NC(COC1OC(CO)C(OC2OC(CO)C(OC3OC(CO)C(O)C(O)C3O)C(O)C2O)C(O)C1O)C(O)/C=C/CC/C=C/CC/C=C/CCCCCCCCCC. The number of hydrogen-bond acceptors (Lipinski definition) is 18. The first-order valence-electron chi connectivity index (χ1n) is 32.5. The zero-order valence-electron chi connectivity index (χ0n) is 51.7. The first-order chi connectivity index (χ1) is 41.8. The van der Waals surface area contributed by atoms with Crippen molar-refractivity contribution >= 4 is 5.91 Å². The first-order valence-corrected chi connectivity index (χ1v) is 32.5. The summed E-state index contributed by atoms with van der Waals surface area (Å²) < 4.78 is 34.3. The number of aliphatic hydroxyl groups excluding tert-OH is 11. The fraction of sp³-hybridized carbons (Fsp3) is 0.746. The van der Waals surface area contributed by atoms with E-state index in [2.05, 4.69) is 104 Å². The molecule has 86 heavy (non-hydrogen) atoms. The summed E-state index contributed by atoms with van der Waals surface area (Å²) in [4.78, 5) is 13.4. The van der Waals surface area contributed by atoms with Gasteiger partial charge >= 0.3 is 0 Å². The highest BCUT2D eigenvalue weighted by Gasteiger charge is 2.53. The monoisotopic (exact) mass is 1220 g/mol. The van der Waals surface area contributed by atoms with Crippen LogP contribution < -0.4 is 5.32 Å². The number of hydrogen-bond donors (Lipinski definition) is 12. The summed E-state index contributed by atoms with van der Waals surface area (Å²) in [5.41, 5.74) is 0. The average Bonchev–Trinajstić information content (AvgIpc) is 1.83. The minimum atomic E-state index is -1.99. The van der Waals surface area contributed by atoms with Crippen molar-refractivity contribution in [3.05, 3.63) is 97.2 Å². The van der Waals surface area contributed by atoms with E-state index in [0.717, 1.165) is 103 Å². The molecule has 0 aliphatic carbocycles. The quantitative estimate of drug-likeness (QED) is 0.0210. The molecule has 17 atom stereocenters. The molecule has 494 valence electrons. The summed E-state index contributed by atoms with van der Waals surface area (Å²) in [7, 11) is 0. The number of carbonyl (C=O) groups excluding carboxylic acids is 1. The van der Waals surface area contributed by atoms with Gasteiger partial charge < -0.3 is 89.9 Å². The van der Waals surface area contributed by atoms with E-state index < -0.39 is 124 Å². The molecule has 0 saturated carbocycles. The Balaban J connectivity index is 1.49. The third kappa shape index (κ3) is 31.0. The van der Waals surface area contributed by atoms with Crippen molar-refractivity contribution in [2.75, 3.05) is 26.4 Å². The lowest BCUT2D eigenvalue weighted by Gasteiger charge is -2.48. The third-order valence-electron chi connectivity index (χ3n) is 15.6. The van der Waals surface area contributed by atoms with Crippen LogP contribution in [0.2, 0.25) is 0 Å². The lowest BCUT2D eigenvalue weighted by molar-refractivity contribution is -0.379. The van der Waals surface area contributed by atoms with Gasteiger partial charge in [0.15, 0.2) is 18.9 Å². The predicted octanol–water partition coefficient (Wildman–Crippen LogP) is 7.32. The van der Waals surface area contributed by atoms with Crippen molar-refractivity contribution in [1.29, 1.82) is 0 Å². The van der Waals surface area contributed by atoms with Crippen LogP contribution in [0.4, 0.5) is 0 Å². The van der Waals surface area contributed by atoms with Gasteiger partial charge in [0.25, 0.3) is 0 Å². The van der Waals surface area contributed by atoms with E-state index in [9.17, 15) is 61.0 Å². The van der Waals surface area contributed by atoms with E-state index in [0.29, 0.717) is 12.8 Å². The average molecular weight is 1220 g/mol. The molecule has 3 aliphatic rings. The number of rotatable bonds is 47. The fourth-order valence-electron chi connectivity index (χ4n) is 10.3. The highest BCUT2D eigenvalue weighted by Crippen LogP contribution is 2.33. The largest absolute Gasteiger partial charge is 0.394 e. The summed E-state index contributed by atoms with van der Waals surface area (Å²) in [6.07, 6.45) is 35.2. The van der Waals surface area contributed by atoms with Crippen molar-refractivity contribution in [2.45, 2.75) is 291 Å². The zero-order valence-corrected chi connectivity index (χ0v) is 51.7. The molecule has 0 aromatic heterocycles. The Morgan fingerprint density at radius 2 is 0.814 bits per heavy atom.